The smallest absolute Gasteiger partial charge is 0.461 e. The Morgan fingerprint density at radius 1 is 1.32 bits per heavy atom. The van der Waals surface area contributed by atoms with E-state index in [2.05, 4.69) is 4.74 Å². The molecule has 0 amide bonds. The van der Waals surface area contributed by atoms with Crippen LogP contribution in [0.4, 0.5) is 22.0 Å². The van der Waals surface area contributed by atoms with Gasteiger partial charge in [-0.05, 0) is 13.8 Å². The van der Waals surface area contributed by atoms with Crippen LogP contribution < -0.4 is 0 Å². The molecule has 9 heteroatoms. The lowest BCUT2D eigenvalue weighted by molar-refractivity contribution is -0.280. The van der Waals surface area contributed by atoms with Crippen LogP contribution in [0.5, 0.6) is 0 Å². The maximum absolute atomic E-state index is 12.5. The Labute approximate surface area is 105 Å². The summed E-state index contributed by atoms with van der Waals surface area (Å²) in [6, 6.07) is 0. The van der Waals surface area contributed by atoms with Crippen molar-refractivity contribution in [3.63, 3.8) is 0 Å². The van der Waals surface area contributed by atoms with Crippen LogP contribution in [0.1, 0.15) is 20.3 Å². The molecular formula is C10H13F5O4. The van der Waals surface area contributed by atoms with Crippen molar-refractivity contribution in [2.45, 2.75) is 44.3 Å². The zero-order valence-corrected chi connectivity index (χ0v) is 10.2. The van der Waals surface area contributed by atoms with Crippen molar-refractivity contribution in [3.8, 4) is 0 Å². The van der Waals surface area contributed by atoms with E-state index >= 15 is 0 Å². The minimum Gasteiger partial charge on any atom is -0.461 e. The predicted octanol–water partition coefficient (Wildman–Crippen LogP) is 2.27. The summed E-state index contributed by atoms with van der Waals surface area (Å²) in [6.45, 7) is 2.79. The maximum Gasteiger partial charge on any atom is 0.465 e. The zero-order chi connectivity index (χ0) is 14.9. The molecule has 0 saturated carbocycles. The molecule has 1 aliphatic heterocycles. The minimum atomic E-state index is -5.96. The Kier molecular flexibility index (Phi) is 4.40. The van der Waals surface area contributed by atoms with Crippen LogP contribution in [0.3, 0.4) is 0 Å². The molecule has 1 rings (SSSR count). The lowest BCUT2D eigenvalue weighted by Gasteiger charge is -2.19. The summed E-state index contributed by atoms with van der Waals surface area (Å²) < 4.78 is 74.8. The second-order valence-corrected chi connectivity index (χ2v) is 4.45. The number of rotatable bonds is 4. The van der Waals surface area contributed by atoms with Gasteiger partial charge >= 0.3 is 18.1 Å². The molecular weight excluding hydrogens is 279 g/mol. The molecule has 0 aromatic heterocycles. The van der Waals surface area contributed by atoms with E-state index in [1.165, 1.54) is 0 Å². The summed E-state index contributed by atoms with van der Waals surface area (Å²) in [5, 5.41) is 0. The molecule has 0 N–H and O–H groups in total. The summed E-state index contributed by atoms with van der Waals surface area (Å²) in [5.41, 5.74) is 0. The lowest BCUT2D eigenvalue weighted by Crippen LogP contribution is -2.45. The third kappa shape index (κ3) is 4.00. The third-order valence-corrected chi connectivity index (χ3v) is 2.35. The number of alkyl halides is 5. The maximum atomic E-state index is 12.5. The van der Waals surface area contributed by atoms with Crippen LogP contribution in [0.15, 0.2) is 0 Å². The second kappa shape index (κ2) is 5.20. The molecule has 112 valence electrons. The summed E-state index contributed by atoms with van der Waals surface area (Å²) >= 11 is 0. The van der Waals surface area contributed by atoms with E-state index in [9.17, 15) is 26.7 Å². The molecule has 1 saturated heterocycles. The predicted molar refractivity (Wildman–Crippen MR) is 51.5 cm³/mol. The van der Waals surface area contributed by atoms with Gasteiger partial charge in [-0.15, -0.1) is 0 Å². The van der Waals surface area contributed by atoms with E-state index in [1.807, 2.05) is 0 Å². The van der Waals surface area contributed by atoms with Crippen LogP contribution in [-0.2, 0) is 19.0 Å². The van der Waals surface area contributed by atoms with Gasteiger partial charge in [-0.1, -0.05) is 0 Å². The van der Waals surface area contributed by atoms with Crippen molar-refractivity contribution in [3.05, 3.63) is 0 Å². The Morgan fingerprint density at radius 3 is 2.32 bits per heavy atom. The fourth-order valence-electron chi connectivity index (χ4n) is 1.39. The number of hydrogen-bond acceptors (Lipinski definition) is 4. The summed E-state index contributed by atoms with van der Waals surface area (Å²) in [6.07, 6.45) is -6.50. The van der Waals surface area contributed by atoms with E-state index in [0.29, 0.717) is 0 Å². The zero-order valence-electron chi connectivity index (χ0n) is 10.2. The average Bonchev–Trinajstić information content (AvgIpc) is 2.56. The highest BCUT2D eigenvalue weighted by Crippen LogP contribution is 2.36. The summed E-state index contributed by atoms with van der Waals surface area (Å²) in [7, 11) is 0. The van der Waals surface area contributed by atoms with Crippen molar-refractivity contribution in [1.82, 2.24) is 0 Å². The van der Waals surface area contributed by atoms with Gasteiger partial charge in [0.2, 0.25) is 0 Å². The highest BCUT2D eigenvalue weighted by molar-refractivity contribution is 5.78. The number of halogens is 5. The van der Waals surface area contributed by atoms with Crippen molar-refractivity contribution >= 4 is 5.97 Å². The number of carbonyl (C=O) groups excluding carboxylic acids is 1. The molecule has 1 heterocycles. The van der Waals surface area contributed by atoms with E-state index in [1.54, 1.807) is 13.8 Å². The SMILES string of the molecule is CC1(C)OCC(CCOC(=O)C(F)(F)C(F)(F)F)O1. The van der Waals surface area contributed by atoms with Gasteiger partial charge in [0, 0.05) is 6.42 Å². The number of carbonyl (C=O) groups is 1. The van der Waals surface area contributed by atoms with Crippen LogP contribution >= 0.6 is 0 Å². The van der Waals surface area contributed by atoms with Gasteiger partial charge < -0.3 is 14.2 Å². The Bertz CT molecular complexity index is 339. The fourth-order valence-corrected chi connectivity index (χ4v) is 1.39. The van der Waals surface area contributed by atoms with Crippen LogP contribution in [0.2, 0.25) is 0 Å². The highest BCUT2D eigenvalue weighted by Gasteiger charge is 2.64. The summed E-state index contributed by atoms with van der Waals surface area (Å²) in [4.78, 5) is 10.6. The molecule has 0 aromatic rings. The molecule has 19 heavy (non-hydrogen) atoms. The normalized spacial score (nSPS) is 23.4. The first kappa shape index (κ1) is 16.1. The number of esters is 1. The van der Waals surface area contributed by atoms with Gasteiger partial charge in [-0.3, -0.25) is 0 Å². The molecule has 0 spiro atoms. The van der Waals surface area contributed by atoms with E-state index in [0.717, 1.165) is 0 Å². The molecule has 1 atom stereocenters. The second-order valence-electron chi connectivity index (χ2n) is 4.45. The highest BCUT2D eigenvalue weighted by atomic mass is 19.4. The molecule has 0 radical (unpaired) electrons. The summed E-state index contributed by atoms with van der Waals surface area (Å²) in [5.74, 6) is -8.96. The Balaban J connectivity index is 2.36. The monoisotopic (exact) mass is 292 g/mol. The number of ether oxygens (including phenoxy) is 3. The molecule has 4 nitrogen and oxygen atoms in total. The molecule has 1 unspecified atom stereocenters. The fraction of sp³-hybridized carbons (Fsp3) is 0.900. The van der Waals surface area contributed by atoms with Gasteiger partial charge in [-0.25, -0.2) is 4.79 Å². The van der Waals surface area contributed by atoms with E-state index in [-0.39, 0.29) is 13.0 Å². The topological polar surface area (TPSA) is 44.8 Å². The Hall–Kier alpha value is -0.960. The van der Waals surface area contributed by atoms with Gasteiger partial charge in [0.25, 0.3) is 0 Å². The molecule has 0 bridgehead atoms. The van der Waals surface area contributed by atoms with Gasteiger partial charge in [0.05, 0.1) is 19.3 Å². The van der Waals surface area contributed by atoms with Crippen LogP contribution in [0, 0.1) is 0 Å². The minimum absolute atomic E-state index is 0.0247. The largest absolute Gasteiger partial charge is 0.465 e. The average molecular weight is 292 g/mol. The first-order valence-corrected chi connectivity index (χ1v) is 5.39. The van der Waals surface area contributed by atoms with Gasteiger partial charge in [0.1, 0.15) is 0 Å². The standard InChI is InChI=1S/C10H13F5O4/c1-8(2)18-5-6(19-8)3-4-17-7(16)9(11,12)10(13,14)15/h6H,3-5H2,1-2H3. The Morgan fingerprint density at radius 2 is 1.89 bits per heavy atom. The van der Waals surface area contributed by atoms with Gasteiger partial charge in [-0.2, -0.15) is 22.0 Å². The van der Waals surface area contributed by atoms with E-state index < -0.39 is 36.6 Å². The van der Waals surface area contributed by atoms with Crippen molar-refractivity contribution in [2.24, 2.45) is 0 Å². The van der Waals surface area contributed by atoms with Crippen molar-refractivity contribution in [1.29, 1.82) is 0 Å². The molecule has 0 aliphatic carbocycles. The van der Waals surface area contributed by atoms with Crippen LogP contribution in [-0.4, -0.2) is 43.2 Å². The molecule has 0 aromatic carbocycles. The first-order chi connectivity index (χ1) is 8.46. The quantitative estimate of drug-likeness (QED) is 0.589. The third-order valence-electron chi connectivity index (χ3n) is 2.35. The molecule has 1 aliphatic rings. The van der Waals surface area contributed by atoms with Gasteiger partial charge in [0.15, 0.2) is 5.79 Å². The first-order valence-electron chi connectivity index (χ1n) is 5.39. The van der Waals surface area contributed by atoms with Crippen molar-refractivity contribution < 1.29 is 41.0 Å². The lowest BCUT2D eigenvalue weighted by atomic mass is 10.3. The molecule has 1 fully saturated rings. The van der Waals surface area contributed by atoms with E-state index in [4.69, 9.17) is 9.47 Å². The van der Waals surface area contributed by atoms with Crippen LogP contribution in [0.25, 0.3) is 0 Å². The number of hydrogen-bond donors (Lipinski definition) is 0. The van der Waals surface area contributed by atoms with Crippen molar-refractivity contribution in [2.75, 3.05) is 13.2 Å².